The lowest BCUT2D eigenvalue weighted by molar-refractivity contribution is 0.0340. The van der Waals surface area contributed by atoms with E-state index in [0.717, 1.165) is 49.5 Å². The molecule has 104 valence electrons. The molecule has 1 fully saturated rings. The molecule has 0 bridgehead atoms. The summed E-state index contributed by atoms with van der Waals surface area (Å²) in [6.45, 7) is 12.4. The molecule has 0 unspecified atom stereocenters. The number of rotatable bonds is 3. The zero-order valence-electron chi connectivity index (χ0n) is 12.4. The first-order chi connectivity index (χ1) is 9.00. The van der Waals surface area contributed by atoms with Gasteiger partial charge in [-0.3, -0.25) is 9.69 Å². The minimum atomic E-state index is 0.165. The van der Waals surface area contributed by atoms with E-state index in [1.807, 2.05) is 6.92 Å². The van der Waals surface area contributed by atoms with Crippen molar-refractivity contribution in [3.63, 3.8) is 0 Å². The quantitative estimate of drug-likeness (QED) is 0.783. The molecule has 1 heterocycles. The van der Waals surface area contributed by atoms with E-state index in [2.05, 4.69) is 24.8 Å². The lowest BCUT2D eigenvalue weighted by Crippen LogP contribution is -2.36. The molecule has 1 aromatic carbocycles. The molecule has 1 aromatic rings. The predicted octanol–water partition coefficient (Wildman–Crippen LogP) is 2.65. The van der Waals surface area contributed by atoms with E-state index in [1.165, 1.54) is 11.1 Å². The van der Waals surface area contributed by atoms with Gasteiger partial charge >= 0.3 is 0 Å². The zero-order chi connectivity index (χ0) is 14.0. The average molecular weight is 261 g/mol. The summed E-state index contributed by atoms with van der Waals surface area (Å²) in [5.41, 5.74) is 5.72. The molecule has 0 N–H and O–H groups in total. The summed E-state index contributed by atoms with van der Waals surface area (Å²) in [5.74, 6) is 0.165. The number of benzene rings is 1. The average Bonchev–Trinajstić information content (AvgIpc) is 2.35. The summed E-state index contributed by atoms with van der Waals surface area (Å²) in [4.78, 5) is 14.2. The Morgan fingerprint density at radius 3 is 2.42 bits per heavy atom. The van der Waals surface area contributed by atoms with Crippen molar-refractivity contribution in [2.45, 2.75) is 34.2 Å². The maximum atomic E-state index is 11.8. The largest absolute Gasteiger partial charge is 0.379 e. The summed E-state index contributed by atoms with van der Waals surface area (Å²) in [5, 5.41) is 0. The van der Waals surface area contributed by atoms with Crippen molar-refractivity contribution in [2.75, 3.05) is 26.3 Å². The Hall–Kier alpha value is -1.19. The summed E-state index contributed by atoms with van der Waals surface area (Å²) in [6, 6.07) is 2.14. The maximum Gasteiger partial charge on any atom is 0.160 e. The van der Waals surface area contributed by atoms with E-state index in [4.69, 9.17) is 4.74 Å². The van der Waals surface area contributed by atoms with Crippen LogP contribution in [0.25, 0.3) is 0 Å². The molecule has 0 aromatic heterocycles. The number of carbonyl (C=O) groups is 1. The van der Waals surface area contributed by atoms with Crippen molar-refractivity contribution >= 4 is 5.78 Å². The Kier molecular flexibility index (Phi) is 4.38. The number of hydrogen-bond donors (Lipinski definition) is 0. The van der Waals surface area contributed by atoms with E-state index in [-0.39, 0.29) is 5.78 Å². The van der Waals surface area contributed by atoms with E-state index < -0.39 is 0 Å². The van der Waals surface area contributed by atoms with Gasteiger partial charge in [0.2, 0.25) is 0 Å². The molecule has 0 atom stereocenters. The maximum absolute atomic E-state index is 11.8. The second kappa shape index (κ2) is 5.85. The molecule has 1 saturated heterocycles. The zero-order valence-corrected chi connectivity index (χ0v) is 12.4. The second-order valence-corrected chi connectivity index (χ2v) is 5.43. The lowest BCUT2D eigenvalue weighted by atomic mass is 9.91. The molecule has 0 saturated carbocycles. The topological polar surface area (TPSA) is 29.5 Å². The third kappa shape index (κ3) is 3.04. The molecule has 1 aliphatic rings. The Morgan fingerprint density at radius 2 is 1.84 bits per heavy atom. The van der Waals surface area contributed by atoms with Crippen molar-refractivity contribution in [1.29, 1.82) is 0 Å². The first kappa shape index (κ1) is 14.2. The van der Waals surface area contributed by atoms with Gasteiger partial charge < -0.3 is 4.74 Å². The van der Waals surface area contributed by atoms with Crippen LogP contribution in [0.2, 0.25) is 0 Å². The van der Waals surface area contributed by atoms with Crippen LogP contribution in [0.5, 0.6) is 0 Å². The monoisotopic (exact) mass is 261 g/mol. The smallest absolute Gasteiger partial charge is 0.160 e. The summed E-state index contributed by atoms with van der Waals surface area (Å²) in [7, 11) is 0. The van der Waals surface area contributed by atoms with Crippen LogP contribution in [0.15, 0.2) is 6.07 Å². The molecule has 0 spiro atoms. The summed E-state index contributed by atoms with van der Waals surface area (Å²) < 4.78 is 5.38. The van der Waals surface area contributed by atoms with E-state index in [9.17, 15) is 4.79 Å². The van der Waals surface area contributed by atoms with Crippen LogP contribution >= 0.6 is 0 Å². The molecule has 2 rings (SSSR count). The molecule has 3 nitrogen and oxygen atoms in total. The number of Topliss-reactive ketones (excluding diaryl/α,β-unsaturated/α-hetero) is 1. The van der Waals surface area contributed by atoms with Gasteiger partial charge in [-0.1, -0.05) is 6.07 Å². The van der Waals surface area contributed by atoms with E-state index in [0.29, 0.717) is 0 Å². The van der Waals surface area contributed by atoms with Gasteiger partial charge in [0.25, 0.3) is 0 Å². The highest BCUT2D eigenvalue weighted by atomic mass is 16.5. The molecule has 3 heteroatoms. The number of nitrogens with zero attached hydrogens (tertiary/aromatic N) is 1. The first-order valence-electron chi connectivity index (χ1n) is 6.91. The number of hydrogen-bond acceptors (Lipinski definition) is 3. The predicted molar refractivity (Wildman–Crippen MR) is 76.8 cm³/mol. The van der Waals surface area contributed by atoms with Crippen molar-refractivity contribution < 1.29 is 9.53 Å². The minimum Gasteiger partial charge on any atom is -0.379 e. The van der Waals surface area contributed by atoms with Gasteiger partial charge in [0.15, 0.2) is 5.78 Å². The molecule has 0 amide bonds. The third-order valence-electron chi connectivity index (χ3n) is 3.97. The van der Waals surface area contributed by atoms with Crippen LogP contribution < -0.4 is 0 Å². The van der Waals surface area contributed by atoms with E-state index >= 15 is 0 Å². The Balaban J connectivity index is 2.33. The standard InChI is InChI=1S/C16H23NO2/c1-11-9-12(2)16(14(4)18)13(3)15(11)10-17-5-7-19-8-6-17/h9H,5-8,10H2,1-4H3. The third-order valence-corrected chi connectivity index (χ3v) is 3.97. The highest BCUT2D eigenvalue weighted by molar-refractivity contribution is 5.97. The van der Waals surface area contributed by atoms with Gasteiger partial charge in [0, 0.05) is 25.2 Å². The van der Waals surface area contributed by atoms with Crippen LogP contribution in [-0.4, -0.2) is 37.0 Å². The van der Waals surface area contributed by atoms with Crippen LogP contribution in [-0.2, 0) is 11.3 Å². The van der Waals surface area contributed by atoms with Crippen LogP contribution in [0.3, 0.4) is 0 Å². The van der Waals surface area contributed by atoms with Gasteiger partial charge in [-0.2, -0.15) is 0 Å². The summed E-state index contributed by atoms with van der Waals surface area (Å²) in [6.07, 6.45) is 0. The number of aryl methyl sites for hydroxylation is 2. The van der Waals surface area contributed by atoms with Crippen molar-refractivity contribution in [3.8, 4) is 0 Å². The lowest BCUT2D eigenvalue weighted by Gasteiger charge is -2.28. The molecule has 1 aliphatic heterocycles. The van der Waals surface area contributed by atoms with E-state index in [1.54, 1.807) is 6.92 Å². The Labute approximate surface area is 115 Å². The molecule has 19 heavy (non-hydrogen) atoms. The molecular formula is C16H23NO2. The summed E-state index contributed by atoms with van der Waals surface area (Å²) >= 11 is 0. The van der Waals surface area contributed by atoms with Gasteiger partial charge in [0.1, 0.15) is 0 Å². The molecule has 0 aliphatic carbocycles. The second-order valence-electron chi connectivity index (χ2n) is 5.43. The van der Waals surface area contributed by atoms with Gasteiger partial charge in [-0.25, -0.2) is 0 Å². The van der Waals surface area contributed by atoms with Gasteiger partial charge in [-0.15, -0.1) is 0 Å². The normalized spacial score (nSPS) is 16.6. The molecular weight excluding hydrogens is 238 g/mol. The fraction of sp³-hybridized carbons (Fsp3) is 0.562. The van der Waals surface area contributed by atoms with Crippen LogP contribution in [0.4, 0.5) is 0 Å². The highest BCUT2D eigenvalue weighted by Gasteiger charge is 2.17. The number of ketones is 1. The molecule has 0 radical (unpaired) electrons. The Morgan fingerprint density at radius 1 is 1.21 bits per heavy atom. The fourth-order valence-electron chi connectivity index (χ4n) is 2.99. The number of morpholine rings is 1. The highest BCUT2D eigenvalue weighted by Crippen LogP contribution is 2.24. The van der Waals surface area contributed by atoms with Crippen LogP contribution in [0.1, 0.15) is 39.5 Å². The minimum absolute atomic E-state index is 0.165. The first-order valence-corrected chi connectivity index (χ1v) is 6.91. The van der Waals surface area contributed by atoms with Crippen molar-refractivity contribution in [3.05, 3.63) is 33.9 Å². The fourth-order valence-corrected chi connectivity index (χ4v) is 2.99. The van der Waals surface area contributed by atoms with Crippen molar-refractivity contribution in [1.82, 2.24) is 4.90 Å². The van der Waals surface area contributed by atoms with Gasteiger partial charge in [-0.05, 0) is 49.9 Å². The van der Waals surface area contributed by atoms with Crippen LogP contribution in [0, 0.1) is 20.8 Å². The Bertz CT molecular complexity index is 488. The van der Waals surface area contributed by atoms with Crippen molar-refractivity contribution in [2.24, 2.45) is 0 Å². The van der Waals surface area contributed by atoms with Gasteiger partial charge in [0.05, 0.1) is 13.2 Å². The number of carbonyl (C=O) groups excluding carboxylic acids is 1. The SMILES string of the molecule is CC(=O)c1c(C)cc(C)c(CN2CCOCC2)c1C. The number of ether oxygens (including phenoxy) is 1.